The average molecular weight is 493 g/mol. The van der Waals surface area contributed by atoms with Crippen molar-refractivity contribution in [3.8, 4) is 0 Å². The lowest BCUT2D eigenvalue weighted by Crippen LogP contribution is -2.48. The van der Waals surface area contributed by atoms with Crippen molar-refractivity contribution in [1.29, 1.82) is 0 Å². The van der Waals surface area contributed by atoms with Gasteiger partial charge in [-0.25, -0.2) is 4.79 Å². The highest BCUT2D eigenvalue weighted by atomic mass is 80.0. The van der Waals surface area contributed by atoms with Gasteiger partial charge in [-0.2, -0.15) is 0 Å². The Morgan fingerprint density at radius 1 is 1.45 bits per heavy atom. The topological polar surface area (TPSA) is 41.6 Å². The molecule has 0 spiro atoms. The van der Waals surface area contributed by atoms with Gasteiger partial charge in [0.25, 0.3) is 0 Å². The Hall–Kier alpha value is 0.180. The van der Waals surface area contributed by atoms with E-state index in [4.69, 9.17) is 16.3 Å². The van der Waals surface area contributed by atoms with E-state index in [0.29, 0.717) is 17.3 Å². The molecule has 0 heterocycles. The molecule has 1 N–H and O–H groups in total. The summed E-state index contributed by atoms with van der Waals surface area (Å²) in [5, 5.41) is 3.21. The summed E-state index contributed by atoms with van der Waals surface area (Å²) >= 11 is 16.1. The number of nitrogens with one attached hydrogen (secondary N) is 1. The van der Waals surface area contributed by atoms with Gasteiger partial charge >= 0.3 is 6.03 Å². The van der Waals surface area contributed by atoms with Crippen LogP contribution in [0.5, 0.6) is 0 Å². The van der Waals surface area contributed by atoms with Crippen LogP contribution in [0.1, 0.15) is 6.92 Å². The van der Waals surface area contributed by atoms with Gasteiger partial charge in [0.1, 0.15) is 0 Å². The number of urea groups is 1. The molecule has 1 atom stereocenters. The summed E-state index contributed by atoms with van der Waals surface area (Å²) in [5.41, 5.74) is 0.547. The van der Waals surface area contributed by atoms with Gasteiger partial charge in [-0.3, -0.25) is 4.90 Å². The normalized spacial score (nSPS) is 12.9. The molecule has 8 heteroatoms. The molecule has 0 aliphatic rings. The third kappa shape index (κ3) is 5.18. The van der Waals surface area contributed by atoms with E-state index in [1.54, 1.807) is 31.3 Å². The molecule has 0 saturated carbocycles. The molecule has 0 aliphatic heterocycles. The summed E-state index contributed by atoms with van der Waals surface area (Å²) in [6.07, 6.45) is -0.560. The molecule has 0 saturated heterocycles. The molecule has 4 nitrogen and oxygen atoms in total. The number of amides is 2. The highest BCUT2D eigenvalue weighted by molar-refractivity contribution is 9.39. The largest absolute Gasteiger partial charge is 0.355 e. The van der Waals surface area contributed by atoms with Gasteiger partial charge in [0.2, 0.25) is 0 Å². The van der Waals surface area contributed by atoms with Crippen LogP contribution in [0.4, 0.5) is 10.5 Å². The van der Waals surface area contributed by atoms with Crippen LogP contribution in [-0.4, -0.2) is 33.0 Å². The molecule has 0 bridgehead atoms. The van der Waals surface area contributed by atoms with E-state index in [1.165, 1.54) is 4.90 Å². The van der Waals surface area contributed by atoms with Gasteiger partial charge in [0, 0.05) is 13.7 Å². The van der Waals surface area contributed by atoms with Crippen LogP contribution < -0.4 is 5.32 Å². The number of hydrogen-bond donors (Lipinski definition) is 1. The van der Waals surface area contributed by atoms with Crippen molar-refractivity contribution in [1.82, 2.24) is 4.90 Å². The van der Waals surface area contributed by atoms with Gasteiger partial charge in [0.05, 0.1) is 10.7 Å². The summed E-state index contributed by atoms with van der Waals surface area (Å²) in [4.78, 5) is 13.7. The lowest BCUT2D eigenvalue weighted by molar-refractivity contribution is -0.00905. The van der Waals surface area contributed by atoms with Crippen LogP contribution in [0.25, 0.3) is 0 Å². The monoisotopic (exact) mass is 490 g/mol. The molecule has 2 amide bonds. The number of nitrogens with zero attached hydrogens (tertiary/aromatic N) is 1. The molecule has 1 aromatic rings. The van der Waals surface area contributed by atoms with Crippen molar-refractivity contribution >= 4 is 71.1 Å². The molecule has 0 fully saturated rings. The van der Waals surface area contributed by atoms with E-state index in [0.717, 1.165) is 0 Å². The summed E-state index contributed by atoms with van der Waals surface area (Å²) in [7, 11) is 1.63. The number of rotatable bonds is 4. The van der Waals surface area contributed by atoms with Crippen molar-refractivity contribution in [2.45, 2.75) is 15.3 Å². The number of ether oxygens (including phenoxy) is 1. The first-order chi connectivity index (χ1) is 9.27. The van der Waals surface area contributed by atoms with Crippen LogP contribution in [0, 0.1) is 0 Å². The second-order valence-electron chi connectivity index (χ2n) is 3.87. The van der Waals surface area contributed by atoms with E-state index in [9.17, 15) is 4.79 Å². The zero-order valence-electron chi connectivity index (χ0n) is 10.9. The molecule has 1 unspecified atom stereocenters. The molecule has 0 aromatic heterocycles. The Kier molecular flexibility index (Phi) is 7.28. The van der Waals surface area contributed by atoms with Crippen LogP contribution in [0.15, 0.2) is 24.3 Å². The minimum Gasteiger partial charge on any atom is -0.355 e. The second kappa shape index (κ2) is 7.98. The van der Waals surface area contributed by atoms with Gasteiger partial charge < -0.3 is 10.1 Å². The minimum atomic E-state index is -0.740. The molecular formula is C12H14Br3ClN2O2. The van der Waals surface area contributed by atoms with Gasteiger partial charge in [0.15, 0.2) is 8.37 Å². The smallest absolute Gasteiger partial charge is 0.323 e. The summed E-state index contributed by atoms with van der Waals surface area (Å²) < 4.78 is 4.81. The van der Waals surface area contributed by atoms with E-state index in [1.807, 2.05) is 6.92 Å². The summed E-state index contributed by atoms with van der Waals surface area (Å²) in [5.74, 6) is 0. The maximum atomic E-state index is 12.2. The maximum Gasteiger partial charge on any atom is 0.323 e. The van der Waals surface area contributed by atoms with E-state index < -0.39 is 8.37 Å². The van der Waals surface area contributed by atoms with Gasteiger partial charge in [-0.05, 0) is 19.1 Å². The number of alkyl halides is 3. The fourth-order valence-electron chi connectivity index (χ4n) is 1.46. The number of carbonyl (C=O) groups is 1. The number of halogens is 4. The standard InChI is InChI=1S/C12H14Br3ClN2O2/c1-3-20-10(12(13,14)15)18(2)11(19)17-9-7-5-4-6-8(9)16/h4-7,10H,3H2,1-2H3,(H,17,19). The molecular weight excluding hydrogens is 479 g/mol. The Labute approximate surface area is 148 Å². The molecule has 0 radical (unpaired) electrons. The fourth-order valence-corrected chi connectivity index (χ4v) is 2.96. The lowest BCUT2D eigenvalue weighted by Gasteiger charge is -2.33. The maximum absolute atomic E-state index is 12.2. The highest BCUT2D eigenvalue weighted by Gasteiger charge is 2.37. The SMILES string of the molecule is CCOC(N(C)C(=O)Nc1ccccc1Cl)C(Br)(Br)Br. The number of carbonyl (C=O) groups excluding carboxylic acids is 1. The molecule has 0 aliphatic carbocycles. The van der Waals surface area contributed by atoms with Crippen LogP contribution in [0.3, 0.4) is 0 Å². The Bertz CT molecular complexity index is 468. The first-order valence-electron chi connectivity index (χ1n) is 5.74. The first-order valence-corrected chi connectivity index (χ1v) is 8.49. The fraction of sp³-hybridized carbons (Fsp3) is 0.417. The average Bonchev–Trinajstić information content (AvgIpc) is 2.36. The van der Waals surface area contributed by atoms with Gasteiger partial charge in [-0.1, -0.05) is 71.5 Å². The van der Waals surface area contributed by atoms with Crippen LogP contribution in [-0.2, 0) is 4.74 Å². The number of benzene rings is 1. The van der Waals surface area contributed by atoms with Crippen molar-refractivity contribution in [3.05, 3.63) is 29.3 Å². The predicted molar refractivity (Wildman–Crippen MR) is 93.2 cm³/mol. The van der Waals surface area contributed by atoms with Crippen LogP contribution in [0.2, 0.25) is 5.02 Å². The van der Waals surface area contributed by atoms with Crippen LogP contribution >= 0.6 is 59.4 Å². The molecule has 112 valence electrons. The Morgan fingerprint density at radius 2 is 2.05 bits per heavy atom. The Balaban J connectivity index is 2.82. The van der Waals surface area contributed by atoms with Crippen molar-refractivity contribution in [3.63, 3.8) is 0 Å². The molecule has 1 rings (SSSR count). The van der Waals surface area contributed by atoms with Crippen molar-refractivity contribution < 1.29 is 9.53 Å². The number of para-hydroxylation sites is 1. The number of anilines is 1. The van der Waals surface area contributed by atoms with Crippen molar-refractivity contribution in [2.75, 3.05) is 19.0 Å². The second-order valence-corrected chi connectivity index (χ2v) is 11.2. The number of hydrogen-bond acceptors (Lipinski definition) is 2. The first kappa shape index (κ1) is 18.2. The van der Waals surface area contributed by atoms with Gasteiger partial charge in [-0.15, -0.1) is 0 Å². The zero-order valence-corrected chi connectivity index (χ0v) is 16.4. The van der Waals surface area contributed by atoms with E-state index in [-0.39, 0.29) is 6.03 Å². The third-order valence-corrected chi connectivity index (χ3v) is 3.90. The summed E-state index contributed by atoms with van der Waals surface area (Å²) in [6.45, 7) is 2.31. The zero-order chi connectivity index (χ0) is 15.3. The minimum absolute atomic E-state index is 0.334. The Morgan fingerprint density at radius 3 is 2.55 bits per heavy atom. The van der Waals surface area contributed by atoms with E-state index >= 15 is 0 Å². The predicted octanol–water partition coefficient (Wildman–Crippen LogP) is 5.00. The van der Waals surface area contributed by atoms with Crippen molar-refractivity contribution in [2.24, 2.45) is 0 Å². The molecule has 20 heavy (non-hydrogen) atoms. The summed E-state index contributed by atoms with van der Waals surface area (Å²) in [6, 6.07) is 6.70. The van der Waals surface area contributed by atoms with E-state index in [2.05, 4.69) is 53.1 Å². The molecule has 1 aromatic carbocycles. The third-order valence-electron chi connectivity index (χ3n) is 2.39. The highest BCUT2D eigenvalue weighted by Crippen LogP contribution is 2.40. The quantitative estimate of drug-likeness (QED) is 0.474. The lowest BCUT2D eigenvalue weighted by atomic mass is 10.3.